The van der Waals surface area contributed by atoms with Crippen molar-refractivity contribution < 1.29 is 19.4 Å². The van der Waals surface area contributed by atoms with Gasteiger partial charge in [-0.05, 0) is 43.2 Å². The van der Waals surface area contributed by atoms with E-state index in [4.69, 9.17) is 24.5 Å². The largest absolute Gasteiger partial charge is 0.493 e. The third-order valence-electron chi connectivity index (χ3n) is 5.68. The molecular weight excluding hydrogens is 434 g/mol. The van der Waals surface area contributed by atoms with Gasteiger partial charge in [0.25, 0.3) is 0 Å². The molecule has 9 heteroatoms. The predicted octanol–water partition coefficient (Wildman–Crippen LogP) is 4.81. The van der Waals surface area contributed by atoms with E-state index in [2.05, 4.69) is 15.0 Å². The molecular formula is C25H29N5O4. The van der Waals surface area contributed by atoms with E-state index in [0.717, 1.165) is 66.0 Å². The number of aromatic nitrogens is 3. The van der Waals surface area contributed by atoms with E-state index in [1.165, 1.54) is 0 Å². The summed E-state index contributed by atoms with van der Waals surface area (Å²) >= 11 is 0. The van der Waals surface area contributed by atoms with Crippen LogP contribution in [0.1, 0.15) is 25.7 Å². The first-order valence-electron chi connectivity index (χ1n) is 11.3. The van der Waals surface area contributed by atoms with Crippen LogP contribution in [0.3, 0.4) is 0 Å². The highest BCUT2D eigenvalue weighted by atomic mass is 16.5. The second kappa shape index (κ2) is 10.7. The lowest BCUT2D eigenvalue weighted by Gasteiger charge is -2.13. The van der Waals surface area contributed by atoms with Gasteiger partial charge in [-0.1, -0.05) is 25.0 Å². The fraction of sp³-hybridized carbons (Fsp3) is 0.320. The number of hydrogen-bond acceptors (Lipinski definition) is 6. The summed E-state index contributed by atoms with van der Waals surface area (Å²) in [6.07, 6.45) is 4.64. The average Bonchev–Trinajstić information content (AvgIpc) is 3.30. The topological polar surface area (TPSA) is 110 Å². The number of benzene rings is 2. The zero-order chi connectivity index (χ0) is 23.9. The lowest BCUT2D eigenvalue weighted by atomic mass is 10.1. The van der Waals surface area contributed by atoms with Crippen LogP contribution in [0, 0.1) is 0 Å². The Bertz CT molecular complexity index is 1290. The molecule has 4 rings (SSSR count). The molecule has 3 N–H and O–H groups in total. The lowest BCUT2D eigenvalue weighted by molar-refractivity contribution is 0.194. The first-order valence-corrected chi connectivity index (χ1v) is 11.3. The number of carbonyl (C=O) groups is 1. The molecule has 0 saturated carbocycles. The number of nitrogens with one attached hydrogen (secondary N) is 2. The molecule has 178 valence electrons. The number of ether oxygens (including phenoxy) is 2. The van der Waals surface area contributed by atoms with Crippen LogP contribution in [-0.4, -0.2) is 52.9 Å². The van der Waals surface area contributed by atoms with Gasteiger partial charge in [0.05, 0.1) is 37.1 Å². The zero-order valence-electron chi connectivity index (χ0n) is 19.4. The van der Waals surface area contributed by atoms with Gasteiger partial charge in [-0.2, -0.15) is 0 Å². The predicted molar refractivity (Wildman–Crippen MR) is 132 cm³/mol. The van der Waals surface area contributed by atoms with E-state index in [9.17, 15) is 4.79 Å². The van der Waals surface area contributed by atoms with E-state index >= 15 is 0 Å². The van der Waals surface area contributed by atoms with Gasteiger partial charge in [0.15, 0.2) is 23.0 Å². The Morgan fingerprint density at radius 3 is 2.53 bits per heavy atom. The first-order chi connectivity index (χ1) is 16.6. The summed E-state index contributed by atoms with van der Waals surface area (Å²) < 4.78 is 13.0. The molecule has 9 nitrogen and oxygen atoms in total. The van der Waals surface area contributed by atoms with E-state index in [0.29, 0.717) is 18.0 Å². The number of para-hydroxylation sites is 2. The van der Waals surface area contributed by atoms with Crippen LogP contribution in [0.5, 0.6) is 11.5 Å². The molecule has 0 atom stereocenters. The van der Waals surface area contributed by atoms with Crippen LogP contribution in [0.15, 0.2) is 48.7 Å². The highest BCUT2D eigenvalue weighted by Crippen LogP contribution is 2.34. The van der Waals surface area contributed by atoms with Gasteiger partial charge < -0.3 is 25.2 Å². The molecule has 0 aliphatic heterocycles. The number of rotatable bonds is 11. The van der Waals surface area contributed by atoms with E-state index in [-0.39, 0.29) is 0 Å². The summed E-state index contributed by atoms with van der Waals surface area (Å²) in [5.74, 6) is 2.07. The SMILES string of the molecule is COc1ccc(-c2cnc3c(NCCCCCCNC(=O)O)nc4ccccc4n23)cc1OC. The molecule has 0 radical (unpaired) electrons. The van der Waals surface area contributed by atoms with Crippen molar-refractivity contribution in [1.29, 1.82) is 0 Å². The molecule has 34 heavy (non-hydrogen) atoms. The number of amides is 1. The van der Waals surface area contributed by atoms with Crippen molar-refractivity contribution in [3.8, 4) is 22.8 Å². The summed E-state index contributed by atoms with van der Waals surface area (Å²) in [5, 5.41) is 14.5. The smallest absolute Gasteiger partial charge is 0.404 e. The van der Waals surface area contributed by atoms with Crippen LogP contribution in [0.2, 0.25) is 0 Å². The van der Waals surface area contributed by atoms with Crippen molar-refractivity contribution in [1.82, 2.24) is 19.7 Å². The number of unbranched alkanes of at least 4 members (excludes halogenated alkanes) is 3. The van der Waals surface area contributed by atoms with Crippen LogP contribution in [0.25, 0.3) is 27.9 Å². The second-order valence-corrected chi connectivity index (χ2v) is 7.89. The van der Waals surface area contributed by atoms with Crippen molar-refractivity contribution in [3.05, 3.63) is 48.7 Å². The first kappa shape index (κ1) is 23.2. The Balaban J connectivity index is 1.57. The molecule has 2 aromatic heterocycles. The summed E-state index contributed by atoms with van der Waals surface area (Å²) in [6, 6.07) is 13.8. The van der Waals surface area contributed by atoms with Gasteiger partial charge >= 0.3 is 6.09 Å². The lowest BCUT2D eigenvalue weighted by Crippen LogP contribution is -2.21. The van der Waals surface area contributed by atoms with Gasteiger partial charge in [-0.15, -0.1) is 0 Å². The van der Waals surface area contributed by atoms with Crippen molar-refractivity contribution in [2.45, 2.75) is 25.7 Å². The quantitative estimate of drug-likeness (QED) is 0.274. The zero-order valence-corrected chi connectivity index (χ0v) is 19.4. The maximum absolute atomic E-state index is 10.5. The summed E-state index contributed by atoms with van der Waals surface area (Å²) in [4.78, 5) is 20.0. The maximum Gasteiger partial charge on any atom is 0.404 e. The van der Waals surface area contributed by atoms with Gasteiger partial charge in [0.2, 0.25) is 0 Å². The summed E-state index contributed by atoms with van der Waals surface area (Å²) in [6.45, 7) is 1.24. The summed E-state index contributed by atoms with van der Waals surface area (Å²) in [7, 11) is 3.25. The van der Waals surface area contributed by atoms with Crippen LogP contribution < -0.4 is 20.1 Å². The molecule has 2 heterocycles. The molecule has 0 unspecified atom stereocenters. The number of methoxy groups -OCH3 is 2. The fourth-order valence-corrected chi connectivity index (χ4v) is 4.00. The normalized spacial score (nSPS) is 11.0. The van der Waals surface area contributed by atoms with Crippen LogP contribution >= 0.6 is 0 Å². The monoisotopic (exact) mass is 463 g/mol. The minimum atomic E-state index is -0.972. The van der Waals surface area contributed by atoms with Crippen LogP contribution in [-0.2, 0) is 0 Å². The van der Waals surface area contributed by atoms with Gasteiger partial charge in [-0.3, -0.25) is 4.40 Å². The molecule has 4 aromatic rings. The van der Waals surface area contributed by atoms with Crippen molar-refractivity contribution in [2.24, 2.45) is 0 Å². The van der Waals surface area contributed by atoms with Crippen molar-refractivity contribution in [3.63, 3.8) is 0 Å². The van der Waals surface area contributed by atoms with Crippen LogP contribution in [0.4, 0.5) is 10.6 Å². The number of fused-ring (bicyclic) bond motifs is 3. The summed E-state index contributed by atoms with van der Waals surface area (Å²) in [5.41, 5.74) is 4.49. The third-order valence-corrected chi connectivity index (χ3v) is 5.68. The molecule has 1 amide bonds. The molecule has 0 aliphatic carbocycles. The van der Waals surface area contributed by atoms with Crippen molar-refractivity contribution in [2.75, 3.05) is 32.6 Å². The second-order valence-electron chi connectivity index (χ2n) is 7.89. The standard InChI is InChI=1S/C25H29N5O4/c1-33-21-12-11-17(15-22(21)34-2)20-16-28-24-23(26-13-7-3-4-8-14-27-25(31)32)29-18-9-5-6-10-19(18)30(20)24/h5-6,9-12,15-16,27H,3-4,7-8,13-14H2,1-2H3,(H,26,29)(H,31,32). The van der Waals surface area contributed by atoms with Crippen molar-refractivity contribution >= 4 is 28.6 Å². The molecule has 0 fully saturated rings. The minimum Gasteiger partial charge on any atom is -0.493 e. The molecule has 0 bridgehead atoms. The molecule has 0 saturated heterocycles. The maximum atomic E-state index is 10.5. The highest BCUT2D eigenvalue weighted by Gasteiger charge is 2.16. The van der Waals surface area contributed by atoms with E-state index in [1.807, 2.05) is 48.7 Å². The average molecular weight is 464 g/mol. The Kier molecular flexibility index (Phi) is 7.31. The number of anilines is 1. The molecule has 0 spiro atoms. The van der Waals surface area contributed by atoms with Gasteiger partial charge in [-0.25, -0.2) is 14.8 Å². The number of hydrogen-bond donors (Lipinski definition) is 3. The number of carboxylic acid groups (broad SMARTS) is 1. The Morgan fingerprint density at radius 1 is 1.00 bits per heavy atom. The Labute approximate surface area is 197 Å². The number of imidazole rings is 1. The molecule has 2 aromatic carbocycles. The Hall–Kier alpha value is -4.01. The van der Waals surface area contributed by atoms with E-state index in [1.54, 1.807) is 14.2 Å². The minimum absolute atomic E-state index is 0.489. The fourth-order valence-electron chi connectivity index (χ4n) is 4.00. The number of nitrogens with zero attached hydrogens (tertiary/aromatic N) is 3. The third kappa shape index (κ3) is 4.98. The van der Waals surface area contributed by atoms with Gasteiger partial charge in [0.1, 0.15) is 0 Å². The van der Waals surface area contributed by atoms with E-state index < -0.39 is 6.09 Å². The molecule has 0 aliphatic rings. The Morgan fingerprint density at radius 2 is 1.76 bits per heavy atom. The van der Waals surface area contributed by atoms with Gasteiger partial charge in [0, 0.05) is 18.7 Å². The highest BCUT2D eigenvalue weighted by molar-refractivity contribution is 5.86.